The van der Waals surface area contributed by atoms with Gasteiger partial charge in [0.1, 0.15) is 11.3 Å². The summed E-state index contributed by atoms with van der Waals surface area (Å²) in [6.45, 7) is 3.41. The molecule has 1 amide bonds. The zero-order valence-electron chi connectivity index (χ0n) is 11.0. The fourth-order valence-electron chi connectivity index (χ4n) is 1.81. The topological polar surface area (TPSA) is 86.6 Å². The first-order valence-electron chi connectivity index (χ1n) is 6.01. The van der Waals surface area contributed by atoms with E-state index in [1.165, 1.54) is 6.07 Å². The van der Waals surface area contributed by atoms with Crippen LogP contribution in [-0.4, -0.2) is 27.6 Å². The van der Waals surface area contributed by atoms with Crippen LogP contribution in [0.1, 0.15) is 37.0 Å². The number of nitrogens with one attached hydrogen (secondary N) is 1. The Labute approximate surface area is 144 Å². The normalized spacial score (nSPS) is 11.2. The van der Waals surface area contributed by atoms with Gasteiger partial charge in [-0.15, -0.1) is 0 Å². The molecule has 0 aromatic heterocycles. The Balaban J connectivity index is 3.17. The molecule has 0 aliphatic heterocycles. The predicted octanol–water partition coefficient (Wildman–Crippen LogP) is 2.97. The molecule has 0 aliphatic carbocycles. The number of carbonyl (C=O) groups is 2. The van der Waals surface area contributed by atoms with E-state index >= 15 is 0 Å². The summed E-state index contributed by atoms with van der Waals surface area (Å²) in [5.41, 5.74) is -1.22. The smallest absolute Gasteiger partial charge is 0.329 e. The molecule has 1 rings (SSSR count). The maximum atomic E-state index is 12.3. The summed E-state index contributed by atoms with van der Waals surface area (Å²) in [5.74, 6) is -1.78. The minimum Gasteiger partial charge on any atom is -0.506 e. The zero-order valence-corrected chi connectivity index (χ0v) is 15.4. The number of amides is 1. The van der Waals surface area contributed by atoms with E-state index < -0.39 is 17.4 Å². The van der Waals surface area contributed by atoms with Crippen LogP contribution in [0.25, 0.3) is 0 Å². The van der Waals surface area contributed by atoms with E-state index in [1.54, 1.807) is 19.9 Å². The van der Waals surface area contributed by atoms with Crippen molar-refractivity contribution in [3.8, 4) is 5.75 Å². The number of carbonyl (C=O) groups excluding carboxylic acids is 1. The highest BCUT2D eigenvalue weighted by atomic mass is 127. The van der Waals surface area contributed by atoms with Gasteiger partial charge in [-0.25, -0.2) is 4.79 Å². The summed E-state index contributed by atoms with van der Waals surface area (Å²) in [5, 5.41) is 21.8. The van der Waals surface area contributed by atoms with Crippen molar-refractivity contribution in [2.45, 2.75) is 32.2 Å². The summed E-state index contributed by atoms with van der Waals surface area (Å²) < 4.78 is 1.34. The largest absolute Gasteiger partial charge is 0.506 e. The van der Waals surface area contributed by atoms with Gasteiger partial charge in [0.25, 0.3) is 5.91 Å². The number of rotatable bonds is 5. The van der Waals surface area contributed by atoms with Crippen LogP contribution in [0.15, 0.2) is 12.1 Å². The lowest BCUT2D eigenvalue weighted by Gasteiger charge is -2.28. The summed E-state index contributed by atoms with van der Waals surface area (Å²) in [6.07, 6.45) is 0.540. The SMILES string of the molecule is CCC(CC)(NC(=O)c1cc(I)cc(I)c1O)C(=O)O. The molecule has 0 saturated carbocycles. The summed E-state index contributed by atoms with van der Waals surface area (Å²) in [6, 6.07) is 3.27. The second-order valence-corrected chi connectivity index (χ2v) is 6.74. The van der Waals surface area contributed by atoms with Crippen molar-refractivity contribution in [2.24, 2.45) is 0 Å². The standard InChI is InChI=1S/C13H15I2NO4/c1-3-13(4-2,12(19)20)16-11(18)8-5-7(14)6-9(15)10(8)17/h5-6,17H,3-4H2,1-2H3,(H,16,18)(H,19,20). The van der Waals surface area contributed by atoms with Crippen LogP contribution >= 0.6 is 45.2 Å². The van der Waals surface area contributed by atoms with Gasteiger partial charge in [-0.1, -0.05) is 13.8 Å². The third kappa shape index (κ3) is 3.54. The van der Waals surface area contributed by atoms with Crippen LogP contribution < -0.4 is 5.32 Å². The molecule has 0 heterocycles. The molecule has 0 bridgehead atoms. The molecular weight excluding hydrogens is 488 g/mol. The van der Waals surface area contributed by atoms with Gasteiger partial charge in [0.2, 0.25) is 0 Å². The second-order valence-electron chi connectivity index (χ2n) is 4.33. The number of aromatic hydroxyl groups is 1. The molecule has 3 N–H and O–H groups in total. The van der Waals surface area contributed by atoms with Crippen molar-refractivity contribution in [3.63, 3.8) is 0 Å². The van der Waals surface area contributed by atoms with Gasteiger partial charge in [-0.2, -0.15) is 0 Å². The van der Waals surface area contributed by atoms with Crippen LogP contribution in [0.3, 0.4) is 0 Å². The quantitative estimate of drug-likeness (QED) is 0.540. The van der Waals surface area contributed by atoms with Crippen molar-refractivity contribution in [3.05, 3.63) is 24.8 Å². The van der Waals surface area contributed by atoms with E-state index in [2.05, 4.69) is 5.32 Å². The van der Waals surface area contributed by atoms with E-state index in [1.807, 2.05) is 45.2 Å². The van der Waals surface area contributed by atoms with E-state index in [9.17, 15) is 19.8 Å². The molecule has 1 aromatic rings. The fourth-order valence-corrected chi connectivity index (χ4v) is 3.65. The maximum Gasteiger partial charge on any atom is 0.329 e. The zero-order chi connectivity index (χ0) is 15.5. The number of aliphatic carboxylic acids is 1. The number of benzene rings is 1. The Hall–Kier alpha value is -0.580. The number of carboxylic acids is 1. The number of phenols is 1. The van der Waals surface area contributed by atoms with Crippen LogP contribution in [0.2, 0.25) is 0 Å². The third-order valence-electron chi connectivity index (χ3n) is 3.24. The summed E-state index contributed by atoms with van der Waals surface area (Å²) in [7, 11) is 0. The molecular formula is C13H15I2NO4. The first-order valence-corrected chi connectivity index (χ1v) is 8.17. The molecule has 0 spiro atoms. The molecule has 110 valence electrons. The van der Waals surface area contributed by atoms with Crippen molar-refractivity contribution >= 4 is 57.1 Å². The lowest BCUT2D eigenvalue weighted by molar-refractivity contribution is -0.144. The minimum atomic E-state index is -1.31. The number of carboxylic acid groups (broad SMARTS) is 1. The van der Waals surface area contributed by atoms with E-state index in [-0.39, 0.29) is 24.2 Å². The Morgan fingerprint density at radius 3 is 2.25 bits per heavy atom. The lowest BCUT2D eigenvalue weighted by atomic mass is 9.92. The van der Waals surface area contributed by atoms with Crippen molar-refractivity contribution in [1.82, 2.24) is 5.32 Å². The Morgan fingerprint density at radius 2 is 1.80 bits per heavy atom. The van der Waals surface area contributed by atoms with Crippen LogP contribution in [0.4, 0.5) is 0 Å². The molecule has 0 radical (unpaired) electrons. The van der Waals surface area contributed by atoms with Crippen molar-refractivity contribution < 1.29 is 19.8 Å². The van der Waals surface area contributed by atoms with E-state index in [0.29, 0.717) is 3.57 Å². The monoisotopic (exact) mass is 503 g/mol. The molecule has 0 atom stereocenters. The Bertz CT molecular complexity index is 541. The van der Waals surface area contributed by atoms with Gasteiger partial charge >= 0.3 is 5.97 Å². The van der Waals surface area contributed by atoms with Gasteiger partial charge in [0.15, 0.2) is 0 Å². The van der Waals surface area contributed by atoms with Crippen LogP contribution in [0.5, 0.6) is 5.75 Å². The highest BCUT2D eigenvalue weighted by Crippen LogP contribution is 2.28. The number of phenolic OH excluding ortho intramolecular Hbond substituents is 1. The van der Waals surface area contributed by atoms with Gasteiger partial charge in [0, 0.05) is 3.57 Å². The summed E-state index contributed by atoms with van der Waals surface area (Å²) in [4.78, 5) is 23.7. The van der Waals surface area contributed by atoms with Crippen LogP contribution in [0, 0.1) is 7.14 Å². The third-order valence-corrected chi connectivity index (χ3v) is 4.69. The first kappa shape index (κ1) is 17.5. The second kappa shape index (κ2) is 6.92. The molecule has 1 aromatic carbocycles. The lowest BCUT2D eigenvalue weighted by Crippen LogP contribution is -2.53. The van der Waals surface area contributed by atoms with E-state index in [0.717, 1.165) is 3.57 Å². The average molecular weight is 503 g/mol. The van der Waals surface area contributed by atoms with Gasteiger partial charge in [-0.05, 0) is 70.2 Å². The molecule has 0 unspecified atom stereocenters. The van der Waals surface area contributed by atoms with Crippen molar-refractivity contribution in [2.75, 3.05) is 0 Å². The highest BCUT2D eigenvalue weighted by Gasteiger charge is 2.37. The van der Waals surface area contributed by atoms with Crippen LogP contribution in [-0.2, 0) is 4.79 Å². The fraction of sp³-hybridized carbons (Fsp3) is 0.385. The molecule has 0 fully saturated rings. The molecule has 20 heavy (non-hydrogen) atoms. The van der Waals surface area contributed by atoms with Gasteiger partial charge in [0.05, 0.1) is 9.13 Å². The van der Waals surface area contributed by atoms with E-state index in [4.69, 9.17) is 0 Å². The molecule has 0 aliphatic rings. The number of hydrogen-bond acceptors (Lipinski definition) is 3. The highest BCUT2D eigenvalue weighted by molar-refractivity contribution is 14.1. The maximum absolute atomic E-state index is 12.3. The van der Waals surface area contributed by atoms with Gasteiger partial charge in [-0.3, -0.25) is 4.79 Å². The van der Waals surface area contributed by atoms with Crippen molar-refractivity contribution in [1.29, 1.82) is 0 Å². The average Bonchev–Trinajstić information content (AvgIpc) is 2.39. The first-order chi connectivity index (χ1) is 9.27. The summed E-state index contributed by atoms with van der Waals surface area (Å²) >= 11 is 3.97. The Morgan fingerprint density at radius 1 is 1.25 bits per heavy atom. The number of hydrogen-bond donors (Lipinski definition) is 3. The predicted molar refractivity (Wildman–Crippen MR) is 92.0 cm³/mol. The molecule has 5 nitrogen and oxygen atoms in total. The number of halogens is 2. The minimum absolute atomic E-state index is 0.0915. The van der Waals surface area contributed by atoms with Gasteiger partial charge < -0.3 is 15.5 Å². The molecule has 0 saturated heterocycles. The molecule has 7 heteroatoms. The Kier molecular flexibility index (Phi) is 6.05.